The van der Waals surface area contributed by atoms with Gasteiger partial charge in [0.15, 0.2) is 0 Å². The second kappa shape index (κ2) is 6.52. The molecule has 0 bridgehead atoms. The highest BCUT2D eigenvalue weighted by molar-refractivity contribution is 7.16. The molecule has 6 heteroatoms. The topological polar surface area (TPSA) is 41.1 Å². The maximum absolute atomic E-state index is 11.7. The van der Waals surface area contributed by atoms with Crippen LogP contribution in [0.15, 0.2) is 29.6 Å². The zero-order chi connectivity index (χ0) is 13.8. The number of amides is 1. The van der Waals surface area contributed by atoms with E-state index in [1.165, 1.54) is 16.2 Å². The van der Waals surface area contributed by atoms with E-state index in [-0.39, 0.29) is 18.0 Å². The van der Waals surface area contributed by atoms with Crippen LogP contribution in [0.25, 0.3) is 0 Å². The van der Waals surface area contributed by atoms with Crippen molar-refractivity contribution in [3.8, 4) is 0 Å². The summed E-state index contributed by atoms with van der Waals surface area (Å²) in [5.41, 5.74) is 0. The molecule has 2 unspecified atom stereocenters. The highest BCUT2D eigenvalue weighted by Crippen LogP contribution is 2.33. The summed E-state index contributed by atoms with van der Waals surface area (Å²) in [4.78, 5) is 13.9. The normalized spacial score (nSPS) is 14.1. The average Bonchev–Trinajstić information content (AvgIpc) is 3.06. The van der Waals surface area contributed by atoms with Crippen LogP contribution in [0.4, 0.5) is 0 Å². The van der Waals surface area contributed by atoms with E-state index in [1.54, 1.807) is 18.4 Å². The number of thiophene rings is 2. The molecular formula is C13H15ClN2OS2. The van der Waals surface area contributed by atoms with Gasteiger partial charge in [-0.15, -0.1) is 22.7 Å². The predicted octanol–water partition coefficient (Wildman–Crippen LogP) is 3.28. The van der Waals surface area contributed by atoms with Crippen LogP contribution >= 0.6 is 34.3 Å². The van der Waals surface area contributed by atoms with Gasteiger partial charge < -0.3 is 5.32 Å². The highest BCUT2D eigenvalue weighted by atomic mass is 35.5. The van der Waals surface area contributed by atoms with Crippen LogP contribution in [0.5, 0.6) is 0 Å². The molecule has 102 valence electrons. The Morgan fingerprint density at radius 1 is 1.32 bits per heavy atom. The first-order valence-corrected chi connectivity index (χ1v) is 7.95. The van der Waals surface area contributed by atoms with Crippen molar-refractivity contribution in [3.05, 3.63) is 43.7 Å². The molecule has 0 saturated carbocycles. The van der Waals surface area contributed by atoms with Crippen LogP contribution in [-0.4, -0.2) is 19.0 Å². The van der Waals surface area contributed by atoms with Gasteiger partial charge in [-0.25, -0.2) is 0 Å². The van der Waals surface area contributed by atoms with Gasteiger partial charge in [0.2, 0.25) is 5.91 Å². The third-order valence-electron chi connectivity index (χ3n) is 2.76. The molecule has 0 radical (unpaired) electrons. The van der Waals surface area contributed by atoms with Crippen molar-refractivity contribution < 1.29 is 4.79 Å². The molecule has 2 atom stereocenters. The lowest BCUT2D eigenvalue weighted by Gasteiger charge is -2.20. The Bertz CT molecular complexity index is 539. The van der Waals surface area contributed by atoms with Crippen LogP contribution in [-0.2, 0) is 4.79 Å². The Labute approximate surface area is 125 Å². The number of carbonyl (C=O) groups is 1. The molecule has 0 aromatic carbocycles. The molecule has 2 N–H and O–H groups in total. The molecule has 0 saturated heterocycles. The van der Waals surface area contributed by atoms with Crippen molar-refractivity contribution in [2.75, 3.05) is 7.05 Å². The summed E-state index contributed by atoms with van der Waals surface area (Å²) in [6.07, 6.45) is 0. The van der Waals surface area contributed by atoms with Crippen LogP contribution in [0.2, 0.25) is 4.34 Å². The van der Waals surface area contributed by atoms with Gasteiger partial charge in [-0.3, -0.25) is 10.1 Å². The lowest BCUT2D eigenvalue weighted by Crippen LogP contribution is -2.42. The van der Waals surface area contributed by atoms with Gasteiger partial charge in [-0.2, -0.15) is 0 Å². The summed E-state index contributed by atoms with van der Waals surface area (Å²) < 4.78 is 0.756. The maximum Gasteiger partial charge on any atom is 0.236 e. The number of carbonyl (C=O) groups excluding carboxylic acids is 1. The number of nitrogens with one attached hydrogen (secondary N) is 2. The Kier molecular flexibility index (Phi) is 4.99. The summed E-state index contributed by atoms with van der Waals surface area (Å²) in [6.45, 7) is 1.86. The molecule has 3 nitrogen and oxygen atoms in total. The zero-order valence-electron chi connectivity index (χ0n) is 10.6. The van der Waals surface area contributed by atoms with Gasteiger partial charge in [0.05, 0.1) is 16.4 Å². The average molecular weight is 315 g/mol. The summed E-state index contributed by atoms with van der Waals surface area (Å²) in [6, 6.07) is 7.69. The van der Waals surface area contributed by atoms with Crippen LogP contribution in [0.1, 0.15) is 22.7 Å². The SMILES string of the molecule is CNC(=O)C(C)NC(c1cccs1)c1ccc(Cl)s1. The molecule has 0 aliphatic carbocycles. The molecule has 2 aromatic rings. The summed E-state index contributed by atoms with van der Waals surface area (Å²) in [5.74, 6) is -0.0239. The highest BCUT2D eigenvalue weighted by Gasteiger charge is 2.22. The minimum absolute atomic E-state index is 0.00444. The van der Waals surface area contributed by atoms with Crippen molar-refractivity contribution >= 4 is 40.2 Å². The Hall–Kier alpha value is -0.880. The smallest absolute Gasteiger partial charge is 0.236 e. The van der Waals surface area contributed by atoms with Gasteiger partial charge >= 0.3 is 0 Å². The second-order valence-electron chi connectivity index (χ2n) is 4.09. The van der Waals surface area contributed by atoms with E-state index in [4.69, 9.17) is 11.6 Å². The molecule has 1 amide bonds. The monoisotopic (exact) mass is 314 g/mol. The first kappa shape index (κ1) is 14.5. The molecule has 2 aromatic heterocycles. The van der Waals surface area contributed by atoms with E-state index in [2.05, 4.69) is 16.7 Å². The lowest BCUT2D eigenvalue weighted by molar-refractivity contribution is -0.122. The van der Waals surface area contributed by atoms with E-state index in [0.717, 1.165) is 9.21 Å². The van der Waals surface area contributed by atoms with Crippen molar-refractivity contribution in [1.29, 1.82) is 0 Å². The van der Waals surface area contributed by atoms with Gasteiger partial charge in [-0.1, -0.05) is 17.7 Å². The Morgan fingerprint density at radius 3 is 2.63 bits per heavy atom. The molecule has 2 rings (SSSR count). The lowest BCUT2D eigenvalue weighted by atomic mass is 10.1. The third-order valence-corrected chi connectivity index (χ3v) is 5.00. The van der Waals surface area contributed by atoms with Crippen molar-refractivity contribution in [1.82, 2.24) is 10.6 Å². The predicted molar refractivity (Wildman–Crippen MR) is 82.2 cm³/mol. The number of likely N-dealkylation sites (N-methyl/N-ethyl adjacent to an activating group) is 1. The summed E-state index contributed by atoms with van der Waals surface area (Å²) in [5, 5.41) is 8.03. The fraction of sp³-hybridized carbons (Fsp3) is 0.308. The van der Waals surface area contributed by atoms with Crippen molar-refractivity contribution in [2.45, 2.75) is 19.0 Å². The third kappa shape index (κ3) is 3.57. The van der Waals surface area contributed by atoms with E-state index < -0.39 is 0 Å². The van der Waals surface area contributed by atoms with Crippen molar-refractivity contribution in [2.24, 2.45) is 0 Å². The van der Waals surface area contributed by atoms with Crippen LogP contribution in [0.3, 0.4) is 0 Å². The maximum atomic E-state index is 11.7. The molecule has 2 heterocycles. The first-order chi connectivity index (χ1) is 9.11. The molecule has 0 spiro atoms. The Morgan fingerprint density at radius 2 is 2.11 bits per heavy atom. The fourth-order valence-electron chi connectivity index (χ4n) is 1.79. The largest absolute Gasteiger partial charge is 0.358 e. The number of hydrogen-bond donors (Lipinski definition) is 2. The van der Waals surface area contributed by atoms with E-state index in [1.807, 2.05) is 30.5 Å². The standard InChI is InChI=1S/C13H15ClN2OS2/c1-8(13(17)15-2)16-12(9-4-3-7-18-9)10-5-6-11(14)19-10/h3-8,12,16H,1-2H3,(H,15,17). The van der Waals surface area contributed by atoms with Gasteiger partial charge in [-0.05, 0) is 30.5 Å². The van der Waals surface area contributed by atoms with Crippen LogP contribution < -0.4 is 10.6 Å². The molecule has 0 fully saturated rings. The summed E-state index contributed by atoms with van der Waals surface area (Å²) in [7, 11) is 1.64. The molecule has 19 heavy (non-hydrogen) atoms. The van der Waals surface area contributed by atoms with Gasteiger partial charge in [0.1, 0.15) is 0 Å². The number of hydrogen-bond acceptors (Lipinski definition) is 4. The first-order valence-electron chi connectivity index (χ1n) is 5.88. The van der Waals surface area contributed by atoms with E-state index >= 15 is 0 Å². The van der Waals surface area contributed by atoms with Crippen molar-refractivity contribution in [3.63, 3.8) is 0 Å². The van der Waals surface area contributed by atoms with E-state index in [0.29, 0.717) is 0 Å². The minimum Gasteiger partial charge on any atom is -0.358 e. The minimum atomic E-state index is -0.266. The second-order valence-corrected chi connectivity index (χ2v) is 6.82. The van der Waals surface area contributed by atoms with Gasteiger partial charge in [0.25, 0.3) is 0 Å². The number of rotatable bonds is 5. The van der Waals surface area contributed by atoms with Crippen LogP contribution in [0, 0.1) is 0 Å². The zero-order valence-corrected chi connectivity index (χ0v) is 13.0. The Balaban J connectivity index is 2.23. The molecular weight excluding hydrogens is 300 g/mol. The quantitative estimate of drug-likeness (QED) is 0.889. The van der Waals surface area contributed by atoms with Gasteiger partial charge in [0, 0.05) is 16.8 Å². The fourth-order valence-corrected chi connectivity index (χ4v) is 3.80. The molecule has 0 aliphatic rings. The van der Waals surface area contributed by atoms with E-state index in [9.17, 15) is 4.79 Å². The summed E-state index contributed by atoms with van der Waals surface area (Å²) >= 11 is 9.21. The number of halogens is 1. The molecule has 0 aliphatic heterocycles.